The van der Waals surface area contributed by atoms with E-state index in [4.69, 9.17) is 15.2 Å². The minimum atomic E-state index is -4.32. The SMILES string of the molecule is COc1cc2nc(N3CCN(Cc4ccc(C(F)(F)F)cc4)CC3)nc(N)c2cc1OC. The molecule has 2 aromatic carbocycles. The van der Waals surface area contributed by atoms with E-state index in [1.165, 1.54) is 12.1 Å². The lowest BCUT2D eigenvalue weighted by molar-refractivity contribution is -0.137. The Bertz CT molecular complexity index is 1100. The van der Waals surface area contributed by atoms with E-state index in [2.05, 4.69) is 19.8 Å². The average molecular weight is 447 g/mol. The Labute approximate surface area is 183 Å². The van der Waals surface area contributed by atoms with Crippen LogP contribution in [0.25, 0.3) is 10.9 Å². The Morgan fingerprint density at radius 2 is 1.56 bits per heavy atom. The van der Waals surface area contributed by atoms with E-state index in [9.17, 15) is 13.2 Å². The van der Waals surface area contributed by atoms with Crippen LogP contribution in [0.2, 0.25) is 0 Å². The zero-order valence-electron chi connectivity index (χ0n) is 17.8. The summed E-state index contributed by atoms with van der Waals surface area (Å²) in [5.41, 5.74) is 7.06. The van der Waals surface area contributed by atoms with E-state index in [1.807, 2.05) is 0 Å². The van der Waals surface area contributed by atoms with Gasteiger partial charge in [-0.25, -0.2) is 4.98 Å². The molecule has 0 atom stereocenters. The van der Waals surface area contributed by atoms with E-state index in [0.29, 0.717) is 53.8 Å². The number of piperazine rings is 1. The number of hydrogen-bond donors (Lipinski definition) is 1. The summed E-state index contributed by atoms with van der Waals surface area (Å²) in [6, 6.07) is 8.85. The van der Waals surface area contributed by atoms with Gasteiger partial charge in [0.05, 0.1) is 25.3 Å². The number of alkyl halides is 3. The second kappa shape index (κ2) is 8.70. The van der Waals surface area contributed by atoms with Gasteiger partial charge in [0.15, 0.2) is 11.5 Å². The number of aromatic nitrogens is 2. The molecule has 1 aliphatic heterocycles. The molecule has 3 aromatic rings. The van der Waals surface area contributed by atoms with Crippen molar-refractivity contribution in [3.8, 4) is 11.5 Å². The number of nitrogen functional groups attached to an aromatic ring is 1. The van der Waals surface area contributed by atoms with Crippen LogP contribution in [0.4, 0.5) is 24.9 Å². The van der Waals surface area contributed by atoms with Crippen LogP contribution in [0.5, 0.6) is 11.5 Å². The van der Waals surface area contributed by atoms with Crippen molar-refractivity contribution in [2.24, 2.45) is 0 Å². The van der Waals surface area contributed by atoms with Crippen molar-refractivity contribution in [3.05, 3.63) is 47.5 Å². The highest BCUT2D eigenvalue weighted by atomic mass is 19.4. The first kappa shape index (κ1) is 21.9. The van der Waals surface area contributed by atoms with Crippen LogP contribution in [0.1, 0.15) is 11.1 Å². The fraction of sp³-hybridized carbons (Fsp3) is 0.364. The van der Waals surface area contributed by atoms with Gasteiger partial charge in [0.1, 0.15) is 5.82 Å². The third-order valence-electron chi connectivity index (χ3n) is 5.56. The molecule has 2 heterocycles. The molecule has 170 valence electrons. The fourth-order valence-electron chi connectivity index (χ4n) is 3.77. The van der Waals surface area contributed by atoms with Crippen LogP contribution in [-0.2, 0) is 12.7 Å². The monoisotopic (exact) mass is 447 g/mol. The predicted octanol–water partition coefficient (Wildman–Crippen LogP) is 3.57. The first-order valence-electron chi connectivity index (χ1n) is 10.1. The highest BCUT2D eigenvalue weighted by molar-refractivity contribution is 5.91. The number of rotatable bonds is 5. The molecule has 4 rings (SSSR count). The lowest BCUT2D eigenvalue weighted by atomic mass is 10.1. The maximum atomic E-state index is 12.7. The number of nitrogens with two attached hydrogens (primary N) is 1. The quantitative estimate of drug-likeness (QED) is 0.641. The Morgan fingerprint density at radius 3 is 2.16 bits per heavy atom. The van der Waals surface area contributed by atoms with Gasteiger partial charge in [0.25, 0.3) is 0 Å². The van der Waals surface area contributed by atoms with Gasteiger partial charge in [-0.1, -0.05) is 12.1 Å². The lowest BCUT2D eigenvalue weighted by Crippen LogP contribution is -2.46. The molecule has 0 bridgehead atoms. The van der Waals surface area contributed by atoms with Crippen molar-refractivity contribution in [2.75, 3.05) is 51.0 Å². The van der Waals surface area contributed by atoms with Crippen molar-refractivity contribution >= 4 is 22.7 Å². The summed E-state index contributed by atoms with van der Waals surface area (Å²) in [5.74, 6) is 2.01. The van der Waals surface area contributed by atoms with Gasteiger partial charge in [0.2, 0.25) is 5.95 Å². The minimum absolute atomic E-state index is 0.359. The summed E-state index contributed by atoms with van der Waals surface area (Å²) >= 11 is 0. The zero-order chi connectivity index (χ0) is 22.9. The van der Waals surface area contributed by atoms with Gasteiger partial charge in [-0.2, -0.15) is 18.2 Å². The Kier molecular flexibility index (Phi) is 5.96. The van der Waals surface area contributed by atoms with E-state index in [1.54, 1.807) is 26.4 Å². The summed E-state index contributed by atoms with van der Waals surface area (Å²) < 4.78 is 48.9. The molecule has 1 saturated heterocycles. The second-order valence-corrected chi connectivity index (χ2v) is 7.59. The molecule has 2 N–H and O–H groups in total. The maximum Gasteiger partial charge on any atom is 0.416 e. The molecule has 0 unspecified atom stereocenters. The van der Waals surface area contributed by atoms with Gasteiger partial charge in [-0.15, -0.1) is 0 Å². The van der Waals surface area contributed by atoms with Crippen molar-refractivity contribution in [1.82, 2.24) is 14.9 Å². The topological polar surface area (TPSA) is 76.7 Å². The van der Waals surface area contributed by atoms with Gasteiger partial charge < -0.3 is 20.1 Å². The van der Waals surface area contributed by atoms with Gasteiger partial charge >= 0.3 is 6.18 Å². The summed E-state index contributed by atoms with van der Waals surface area (Å²) in [7, 11) is 3.12. The maximum absolute atomic E-state index is 12.7. The van der Waals surface area contributed by atoms with Crippen molar-refractivity contribution in [2.45, 2.75) is 12.7 Å². The molecule has 1 aromatic heterocycles. The fourth-order valence-corrected chi connectivity index (χ4v) is 3.77. The standard InChI is InChI=1S/C22H24F3N5O2/c1-31-18-11-16-17(12-19(18)32-2)27-21(28-20(16)26)30-9-7-29(8-10-30)13-14-3-5-15(6-4-14)22(23,24)25/h3-6,11-12H,7-10,13H2,1-2H3,(H2,26,27,28). The molecule has 0 spiro atoms. The molecule has 7 nitrogen and oxygen atoms in total. The Morgan fingerprint density at radius 1 is 0.938 bits per heavy atom. The highest BCUT2D eigenvalue weighted by Gasteiger charge is 2.30. The molecule has 0 amide bonds. The average Bonchev–Trinajstić information content (AvgIpc) is 2.78. The molecule has 1 aliphatic rings. The van der Waals surface area contributed by atoms with E-state index >= 15 is 0 Å². The molecular formula is C22H24F3N5O2. The number of hydrogen-bond acceptors (Lipinski definition) is 7. The predicted molar refractivity (Wildman–Crippen MR) is 116 cm³/mol. The molecule has 0 saturated carbocycles. The van der Waals surface area contributed by atoms with Gasteiger partial charge in [-0.3, -0.25) is 4.90 Å². The van der Waals surface area contributed by atoms with Crippen LogP contribution in [-0.4, -0.2) is 55.3 Å². The third kappa shape index (κ3) is 4.50. The van der Waals surface area contributed by atoms with Crippen LogP contribution >= 0.6 is 0 Å². The van der Waals surface area contributed by atoms with Crippen LogP contribution < -0.4 is 20.1 Å². The summed E-state index contributed by atoms with van der Waals surface area (Å²) in [4.78, 5) is 13.4. The zero-order valence-corrected chi connectivity index (χ0v) is 17.8. The number of nitrogens with zero attached hydrogens (tertiary/aromatic N) is 4. The van der Waals surface area contributed by atoms with E-state index in [-0.39, 0.29) is 0 Å². The molecule has 1 fully saturated rings. The van der Waals surface area contributed by atoms with Crippen molar-refractivity contribution < 1.29 is 22.6 Å². The highest BCUT2D eigenvalue weighted by Crippen LogP contribution is 2.34. The molecule has 0 aliphatic carbocycles. The molecule has 10 heteroatoms. The number of benzene rings is 2. The number of fused-ring (bicyclic) bond motifs is 1. The Hall–Kier alpha value is -3.27. The summed E-state index contributed by atoms with van der Waals surface area (Å²) in [6.45, 7) is 3.41. The Balaban J connectivity index is 1.44. The normalized spacial score (nSPS) is 15.2. The molecular weight excluding hydrogens is 423 g/mol. The van der Waals surface area contributed by atoms with Crippen LogP contribution in [0, 0.1) is 0 Å². The third-order valence-corrected chi connectivity index (χ3v) is 5.56. The van der Waals surface area contributed by atoms with E-state index < -0.39 is 11.7 Å². The van der Waals surface area contributed by atoms with Gasteiger partial charge in [-0.05, 0) is 23.8 Å². The first-order valence-corrected chi connectivity index (χ1v) is 10.1. The molecule has 0 radical (unpaired) electrons. The molecule has 32 heavy (non-hydrogen) atoms. The number of ether oxygens (including phenoxy) is 2. The smallest absolute Gasteiger partial charge is 0.416 e. The minimum Gasteiger partial charge on any atom is -0.493 e. The summed E-state index contributed by atoms with van der Waals surface area (Å²) in [5, 5.41) is 0.687. The van der Waals surface area contributed by atoms with Gasteiger partial charge in [0, 0.05) is 44.2 Å². The van der Waals surface area contributed by atoms with Crippen LogP contribution in [0.3, 0.4) is 0 Å². The lowest BCUT2D eigenvalue weighted by Gasteiger charge is -2.35. The number of methoxy groups -OCH3 is 2. The second-order valence-electron chi connectivity index (χ2n) is 7.59. The summed E-state index contributed by atoms with van der Waals surface area (Å²) in [6.07, 6.45) is -4.32. The first-order chi connectivity index (χ1) is 15.3. The van der Waals surface area contributed by atoms with Crippen molar-refractivity contribution in [1.29, 1.82) is 0 Å². The number of anilines is 2. The number of halogens is 3. The van der Waals surface area contributed by atoms with Crippen LogP contribution in [0.15, 0.2) is 36.4 Å². The largest absolute Gasteiger partial charge is 0.493 e. The van der Waals surface area contributed by atoms with Crippen molar-refractivity contribution in [3.63, 3.8) is 0 Å². The van der Waals surface area contributed by atoms with E-state index in [0.717, 1.165) is 30.8 Å².